The lowest BCUT2D eigenvalue weighted by Gasteiger charge is -2.39. The molecule has 5 nitrogen and oxygen atoms in total. The van der Waals surface area contributed by atoms with Gasteiger partial charge in [0.05, 0.1) is 0 Å². The number of halogens is 3. The molecule has 1 aromatic carbocycles. The molecule has 1 unspecified atom stereocenters. The summed E-state index contributed by atoms with van der Waals surface area (Å²) < 4.78 is 0.971. The number of nitrogens with zero attached hydrogens (tertiary/aromatic N) is 3. The molecule has 1 amide bonds. The van der Waals surface area contributed by atoms with Gasteiger partial charge in [-0.05, 0) is 36.8 Å². The lowest BCUT2D eigenvalue weighted by atomic mass is 9.91. The number of carbonyl (C=O) groups is 1. The first kappa shape index (κ1) is 22.7. The highest BCUT2D eigenvalue weighted by atomic mass is 79.9. The zero-order valence-electron chi connectivity index (χ0n) is 14.5. The van der Waals surface area contributed by atoms with E-state index in [1.54, 1.807) is 13.1 Å². The first-order chi connectivity index (χ1) is 11.5. The molecule has 0 bridgehead atoms. The number of amides is 1. The van der Waals surface area contributed by atoms with Crippen LogP contribution in [0.15, 0.2) is 53.1 Å². The molecule has 0 saturated carbocycles. The maximum Gasteiger partial charge on any atom is 0.247 e. The van der Waals surface area contributed by atoms with Crippen molar-refractivity contribution in [2.45, 2.75) is 12.5 Å². The van der Waals surface area contributed by atoms with Gasteiger partial charge in [-0.3, -0.25) is 4.79 Å². The second kappa shape index (κ2) is 9.55. The summed E-state index contributed by atoms with van der Waals surface area (Å²) in [6.45, 7) is 4.61. The number of pyridine rings is 1. The normalized spacial score (nSPS) is 16.1. The van der Waals surface area contributed by atoms with Crippen molar-refractivity contribution in [3.05, 3.63) is 58.7 Å². The Balaban J connectivity index is 0.00000169. The van der Waals surface area contributed by atoms with E-state index < -0.39 is 5.54 Å². The summed E-state index contributed by atoms with van der Waals surface area (Å²) in [5, 5.41) is 0. The van der Waals surface area contributed by atoms with Crippen molar-refractivity contribution < 1.29 is 4.79 Å². The minimum absolute atomic E-state index is 0. The smallest absolute Gasteiger partial charge is 0.247 e. The zero-order chi connectivity index (χ0) is 17.2. The third-order valence-corrected chi connectivity index (χ3v) is 4.96. The third kappa shape index (κ3) is 4.88. The summed E-state index contributed by atoms with van der Waals surface area (Å²) in [7, 11) is 0. The van der Waals surface area contributed by atoms with Crippen molar-refractivity contribution in [2.24, 2.45) is 5.73 Å². The van der Waals surface area contributed by atoms with Gasteiger partial charge in [0.15, 0.2) is 0 Å². The van der Waals surface area contributed by atoms with Gasteiger partial charge in [-0.2, -0.15) is 0 Å². The molecule has 3 rings (SSSR count). The van der Waals surface area contributed by atoms with Crippen molar-refractivity contribution >= 4 is 52.5 Å². The largest absolute Gasteiger partial charge is 0.353 e. The predicted octanol–water partition coefficient (Wildman–Crippen LogP) is 3.21. The van der Waals surface area contributed by atoms with Crippen LogP contribution >= 0.6 is 40.7 Å². The first-order valence-corrected chi connectivity index (χ1v) is 8.78. The average Bonchev–Trinajstić information content (AvgIpc) is 2.62. The number of hydrogen-bond acceptors (Lipinski definition) is 4. The van der Waals surface area contributed by atoms with Crippen molar-refractivity contribution in [3.63, 3.8) is 0 Å². The summed E-state index contributed by atoms with van der Waals surface area (Å²) >= 11 is 3.41. The quantitative estimate of drug-likeness (QED) is 0.762. The van der Waals surface area contributed by atoms with Gasteiger partial charge in [-0.1, -0.05) is 34.1 Å². The van der Waals surface area contributed by atoms with E-state index >= 15 is 0 Å². The Labute approximate surface area is 174 Å². The Hall–Kier alpha value is -1.34. The number of nitrogens with two attached hydrogens (primary N) is 1. The molecule has 0 spiro atoms. The lowest BCUT2D eigenvalue weighted by Crippen LogP contribution is -2.56. The number of carbonyl (C=O) groups excluding carboxylic acids is 1. The van der Waals surface area contributed by atoms with Crippen LogP contribution in [0.4, 0.5) is 5.82 Å². The monoisotopic (exact) mass is 460 g/mol. The van der Waals surface area contributed by atoms with Crippen LogP contribution in [0.1, 0.15) is 12.5 Å². The molecular formula is C18H23BrCl2N4O. The molecule has 1 aromatic heterocycles. The van der Waals surface area contributed by atoms with E-state index in [1.165, 1.54) is 0 Å². The highest BCUT2D eigenvalue weighted by Gasteiger charge is 2.35. The van der Waals surface area contributed by atoms with Crippen molar-refractivity contribution in [2.75, 3.05) is 31.1 Å². The highest BCUT2D eigenvalue weighted by molar-refractivity contribution is 9.10. The van der Waals surface area contributed by atoms with Gasteiger partial charge in [-0.15, -0.1) is 24.8 Å². The molecule has 8 heteroatoms. The van der Waals surface area contributed by atoms with Crippen molar-refractivity contribution in [3.8, 4) is 0 Å². The van der Waals surface area contributed by atoms with E-state index in [2.05, 4.69) is 25.8 Å². The topological polar surface area (TPSA) is 62.5 Å². The van der Waals surface area contributed by atoms with E-state index in [4.69, 9.17) is 5.73 Å². The molecule has 1 aliphatic rings. The van der Waals surface area contributed by atoms with Crippen LogP contribution in [0.2, 0.25) is 0 Å². The van der Waals surface area contributed by atoms with Crippen LogP contribution in [0.3, 0.4) is 0 Å². The Morgan fingerprint density at radius 2 is 1.69 bits per heavy atom. The van der Waals surface area contributed by atoms with Crippen molar-refractivity contribution in [1.29, 1.82) is 0 Å². The van der Waals surface area contributed by atoms with E-state index in [1.807, 2.05) is 47.4 Å². The highest BCUT2D eigenvalue weighted by Crippen LogP contribution is 2.24. The van der Waals surface area contributed by atoms with Gasteiger partial charge in [-0.25, -0.2) is 4.98 Å². The van der Waals surface area contributed by atoms with Gasteiger partial charge in [0, 0.05) is 36.8 Å². The van der Waals surface area contributed by atoms with Crippen molar-refractivity contribution in [1.82, 2.24) is 9.88 Å². The first-order valence-electron chi connectivity index (χ1n) is 7.99. The number of aromatic nitrogens is 1. The number of anilines is 1. The molecule has 2 N–H and O–H groups in total. The summed E-state index contributed by atoms with van der Waals surface area (Å²) in [4.78, 5) is 21.3. The zero-order valence-corrected chi connectivity index (χ0v) is 17.7. The number of hydrogen-bond donors (Lipinski definition) is 1. The fourth-order valence-electron chi connectivity index (χ4n) is 2.93. The maximum absolute atomic E-state index is 12.9. The van der Waals surface area contributed by atoms with Gasteiger partial charge >= 0.3 is 0 Å². The van der Waals surface area contributed by atoms with E-state index in [9.17, 15) is 4.79 Å². The summed E-state index contributed by atoms with van der Waals surface area (Å²) in [6.07, 6.45) is 1.79. The van der Waals surface area contributed by atoms with Crippen LogP contribution in [0, 0.1) is 0 Å². The van der Waals surface area contributed by atoms with Crippen LogP contribution in [0.5, 0.6) is 0 Å². The molecule has 0 aliphatic carbocycles. The van der Waals surface area contributed by atoms with Gasteiger partial charge < -0.3 is 15.5 Å². The molecule has 2 heterocycles. The molecule has 142 valence electrons. The SMILES string of the molecule is CC(N)(C(=O)N1CCN(c2ccccn2)CC1)c1ccc(Br)cc1.Cl.Cl. The predicted molar refractivity (Wildman–Crippen MR) is 113 cm³/mol. The second-order valence-electron chi connectivity index (χ2n) is 6.18. The molecule has 1 saturated heterocycles. The molecule has 26 heavy (non-hydrogen) atoms. The fourth-order valence-corrected chi connectivity index (χ4v) is 3.19. The molecule has 1 aliphatic heterocycles. The van der Waals surface area contributed by atoms with E-state index in [0.717, 1.165) is 28.9 Å². The Morgan fingerprint density at radius 1 is 1.08 bits per heavy atom. The van der Waals surface area contributed by atoms with Crippen LogP contribution < -0.4 is 10.6 Å². The summed E-state index contributed by atoms with van der Waals surface area (Å²) in [5.74, 6) is 0.915. The summed E-state index contributed by atoms with van der Waals surface area (Å²) in [6, 6.07) is 13.5. The van der Waals surface area contributed by atoms with Gasteiger partial charge in [0.2, 0.25) is 5.91 Å². The van der Waals surface area contributed by atoms with E-state index in [0.29, 0.717) is 13.1 Å². The van der Waals surface area contributed by atoms with E-state index in [-0.39, 0.29) is 30.7 Å². The average molecular weight is 462 g/mol. The maximum atomic E-state index is 12.9. The fraction of sp³-hybridized carbons (Fsp3) is 0.333. The molecule has 0 radical (unpaired) electrons. The second-order valence-corrected chi connectivity index (χ2v) is 7.09. The number of benzene rings is 1. The van der Waals surface area contributed by atoms with Crippen LogP contribution in [-0.4, -0.2) is 42.0 Å². The summed E-state index contributed by atoms with van der Waals surface area (Å²) in [5.41, 5.74) is 6.18. The molecule has 1 atom stereocenters. The van der Waals surface area contributed by atoms with Crippen LogP contribution in [0.25, 0.3) is 0 Å². The van der Waals surface area contributed by atoms with Gasteiger partial charge in [0.25, 0.3) is 0 Å². The number of rotatable bonds is 3. The van der Waals surface area contributed by atoms with Crippen LogP contribution in [-0.2, 0) is 10.3 Å². The lowest BCUT2D eigenvalue weighted by molar-refractivity contribution is -0.137. The molecular weight excluding hydrogens is 439 g/mol. The Kier molecular flexibility index (Phi) is 8.34. The standard InChI is InChI=1S/C18H21BrN4O.2ClH/c1-18(20,14-5-7-15(19)8-6-14)17(24)23-12-10-22(11-13-23)16-4-2-3-9-21-16;;/h2-9H,10-13,20H2,1H3;2*1H. The minimum atomic E-state index is -1.02. The third-order valence-electron chi connectivity index (χ3n) is 4.43. The molecule has 1 fully saturated rings. The molecule has 2 aromatic rings. The Bertz CT molecular complexity index is 705. The van der Waals surface area contributed by atoms with Gasteiger partial charge in [0.1, 0.15) is 11.4 Å². The minimum Gasteiger partial charge on any atom is -0.353 e. The Morgan fingerprint density at radius 3 is 2.23 bits per heavy atom. The number of piperazine rings is 1.